The molecule has 0 aliphatic rings. The first-order valence-corrected chi connectivity index (χ1v) is 6.02. The number of aromatic hydroxyl groups is 1. The lowest BCUT2D eigenvalue weighted by Crippen LogP contribution is -2.34. The van der Waals surface area contributed by atoms with Gasteiger partial charge in [0.2, 0.25) is 0 Å². The molecule has 1 rings (SSSR count). The van der Waals surface area contributed by atoms with Crippen molar-refractivity contribution < 1.29 is 5.11 Å². The van der Waals surface area contributed by atoms with Crippen molar-refractivity contribution in [3.05, 3.63) is 29.3 Å². The van der Waals surface area contributed by atoms with Crippen molar-refractivity contribution in [3.8, 4) is 5.75 Å². The topological polar surface area (TPSA) is 49.5 Å². The highest BCUT2D eigenvalue weighted by atomic mass is 16.3. The molecule has 96 valence electrons. The fraction of sp³-hybridized carbons (Fsp3) is 0.571. The highest BCUT2D eigenvalue weighted by molar-refractivity contribution is 5.37. The lowest BCUT2D eigenvalue weighted by atomic mass is 9.94. The Morgan fingerprint density at radius 2 is 1.94 bits per heavy atom. The van der Waals surface area contributed by atoms with Gasteiger partial charge in [0.1, 0.15) is 5.75 Å². The van der Waals surface area contributed by atoms with Crippen LogP contribution in [-0.2, 0) is 12.8 Å². The molecule has 3 nitrogen and oxygen atoms in total. The first-order valence-electron chi connectivity index (χ1n) is 6.02. The average Bonchev–Trinajstić information content (AvgIpc) is 2.17. The standard InChI is InChI=1S/C14H24N2O/c1-14(2,15)10-12-9-11(5-6-13(12)17)7-8-16(3)4/h5-6,9,17H,7-8,10,15H2,1-4H3. The second-order valence-corrected chi connectivity index (χ2v) is 5.68. The van der Waals surface area contributed by atoms with Crippen LogP contribution in [0.15, 0.2) is 18.2 Å². The highest BCUT2D eigenvalue weighted by Crippen LogP contribution is 2.22. The Bertz CT molecular complexity index is 367. The minimum atomic E-state index is -0.294. The Hall–Kier alpha value is -1.06. The molecule has 0 bridgehead atoms. The molecule has 0 unspecified atom stereocenters. The Balaban J connectivity index is 2.79. The molecule has 0 saturated heterocycles. The lowest BCUT2D eigenvalue weighted by Gasteiger charge is -2.20. The molecule has 3 N–H and O–H groups in total. The summed E-state index contributed by atoms with van der Waals surface area (Å²) in [6.07, 6.45) is 1.68. The second kappa shape index (κ2) is 5.52. The number of nitrogens with two attached hydrogens (primary N) is 1. The first-order chi connectivity index (χ1) is 7.78. The smallest absolute Gasteiger partial charge is 0.118 e. The summed E-state index contributed by atoms with van der Waals surface area (Å²) in [4.78, 5) is 2.15. The molecule has 17 heavy (non-hydrogen) atoms. The second-order valence-electron chi connectivity index (χ2n) is 5.68. The zero-order chi connectivity index (χ0) is 13.1. The minimum absolute atomic E-state index is 0.294. The van der Waals surface area contributed by atoms with Crippen molar-refractivity contribution in [2.24, 2.45) is 5.73 Å². The van der Waals surface area contributed by atoms with E-state index in [1.54, 1.807) is 6.07 Å². The van der Waals surface area contributed by atoms with Gasteiger partial charge in [-0.3, -0.25) is 0 Å². The number of rotatable bonds is 5. The van der Waals surface area contributed by atoms with E-state index in [4.69, 9.17) is 5.73 Å². The Kier molecular flexibility index (Phi) is 4.54. The SMILES string of the molecule is CN(C)CCc1ccc(O)c(CC(C)(C)N)c1. The predicted octanol–water partition coefficient (Wildman–Crippen LogP) is 1.78. The number of likely N-dealkylation sites (N-methyl/N-ethyl adjacent to an activating group) is 1. The maximum absolute atomic E-state index is 9.81. The molecule has 0 aromatic heterocycles. The normalized spacial score (nSPS) is 12.1. The predicted molar refractivity (Wildman–Crippen MR) is 72.3 cm³/mol. The quantitative estimate of drug-likeness (QED) is 0.819. The third kappa shape index (κ3) is 5.20. The summed E-state index contributed by atoms with van der Waals surface area (Å²) in [5.41, 5.74) is 7.88. The van der Waals surface area contributed by atoms with Gasteiger partial charge in [-0.15, -0.1) is 0 Å². The van der Waals surface area contributed by atoms with Crippen molar-refractivity contribution in [1.29, 1.82) is 0 Å². The first kappa shape index (κ1) is 14.0. The summed E-state index contributed by atoms with van der Waals surface area (Å²) in [6.45, 7) is 4.95. The number of hydrogen-bond donors (Lipinski definition) is 2. The molecule has 1 aromatic carbocycles. The van der Waals surface area contributed by atoms with Gasteiger partial charge in [0, 0.05) is 12.1 Å². The van der Waals surface area contributed by atoms with E-state index in [9.17, 15) is 5.11 Å². The number of hydrogen-bond acceptors (Lipinski definition) is 3. The maximum Gasteiger partial charge on any atom is 0.118 e. The number of benzene rings is 1. The molecular formula is C14H24N2O. The summed E-state index contributed by atoms with van der Waals surface area (Å²) in [6, 6.07) is 5.81. The zero-order valence-electron chi connectivity index (χ0n) is 11.3. The molecule has 0 heterocycles. The van der Waals surface area contributed by atoms with E-state index in [0.29, 0.717) is 12.2 Å². The fourth-order valence-electron chi connectivity index (χ4n) is 1.78. The highest BCUT2D eigenvalue weighted by Gasteiger charge is 2.14. The average molecular weight is 236 g/mol. The molecule has 0 amide bonds. The van der Waals surface area contributed by atoms with E-state index >= 15 is 0 Å². The van der Waals surface area contributed by atoms with Crippen LogP contribution in [0.4, 0.5) is 0 Å². The number of phenolic OH excluding ortho intramolecular Hbond substituents is 1. The van der Waals surface area contributed by atoms with E-state index in [-0.39, 0.29) is 5.54 Å². The molecule has 0 aliphatic heterocycles. The van der Waals surface area contributed by atoms with Gasteiger partial charge in [-0.2, -0.15) is 0 Å². The maximum atomic E-state index is 9.81. The van der Waals surface area contributed by atoms with Gasteiger partial charge in [0.15, 0.2) is 0 Å². The van der Waals surface area contributed by atoms with Gasteiger partial charge >= 0.3 is 0 Å². The van der Waals surface area contributed by atoms with Crippen LogP contribution in [0.25, 0.3) is 0 Å². The van der Waals surface area contributed by atoms with Crippen molar-refractivity contribution in [2.45, 2.75) is 32.2 Å². The van der Waals surface area contributed by atoms with Gasteiger partial charge in [-0.1, -0.05) is 12.1 Å². The van der Waals surface area contributed by atoms with E-state index in [1.807, 2.05) is 19.9 Å². The molecule has 3 heteroatoms. The number of phenols is 1. The molecular weight excluding hydrogens is 212 g/mol. The van der Waals surface area contributed by atoms with Gasteiger partial charge in [-0.25, -0.2) is 0 Å². The van der Waals surface area contributed by atoms with Crippen molar-refractivity contribution in [3.63, 3.8) is 0 Å². The van der Waals surface area contributed by atoms with Crippen molar-refractivity contribution in [1.82, 2.24) is 4.90 Å². The third-order valence-corrected chi connectivity index (χ3v) is 2.64. The molecule has 0 fully saturated rings. The van der Waals surface area contributed by atoms with E-state index in [0.717, 1.165) is 18.5 Å². The van der Waals surface area contributed by atoms with Gasteiger partial charge in [-0.05, 0) is 58.0 Å². The van der Waals surface area contributed by atoms with E-state index in [1.165, 1.54) is 5.56 Å². The van der Waals surface area contributed by atoms with Gasteiger partial charge in [0.25, 0.3) is 0 Å². The van der Waals surface area contributed by atoms with Crippen molar-refractivity contribution >= 4 is 0 Å². The van der Waals surface area contributed by atoms with Crippen molar-refractivity contribution in [2.75, 3.05) is 20.6 Å². The van der Waals surface area contributed by atoms with Crippen LogP contribution in [0.2, 0.25) is 0 Å². The molecule has 0 radical (unpaired) electrons. The lowest BCUT2D eigenvalue weighted by molar-refractivity contribution is 0.413. The van der Waals surface area contributed by atoms with Crippen LogP contribution in [0.3, 0.4) is 0 Å². The molecule has 0 spiro atoms. The summed E-state index contributed by atoms with van der Waals surface area (Å²) < 4.78 is 0. The molecule has 0 saturated carbocycles. The van der Waals surface area contributed by atoms with Gasteiger partial charge in [0.05, 0.1) is 0 Å². The summed E-state index contributed by atoms with van der Waals surface area (Å²) in [5.74, 6) is 0.345. The Labute approximate surface area is 104 Å². The van der Waals surface area contributed by atoms with Crippen LogP contribution in [0, 0.1) is 0 Å². The summed E-state index contributed by atoms with van der Waals surface area (Å²) in [5, 5.41) is 9.81. The summed E-state index contributed by atoms with van der Waals surface area (Å²) in [7, 11) is 4.12. The summed E-state index contributed by atoms with van der Waals surface area (Å²) >= 11 is 0. The largest absolute Gasteiger partial charge is 0.508 e. The number of nitrogens with zero attached hydrogens (tertiary/aromatic N) is 1. The van der Waals surface area contributed by atoms with Crippen LogP contribution in [-0.4, -0.2) is 36.2 Å². The zero-order valence-corrected chi connectivity index (χ0v) is 11.3. The van der Waals surface area contributed by atoms with E-state index < -0.39 is 0 Å². The van der Waals surface area contributed by atoms with E-state index in [2.05, 4.69) is 25.1 Å². The van der Waals surface area contributed by atoms with Crippen LogP contribution >= 0.6 is 0 Å². The molecule has 1 aromatic rings. The fourth-order valence-corrected chi connectivity index (χ4v) is 1.78. The molecule has 0 aliphatic carbocycles. The third-order valence-electron chi connectivity index (χ3n) is 2.64. The Morgan fingerprint density at radius 3 is 2.47 bits per heavy atom. The van der Waals surface area contributed by atoms with Crippen LogP contribution in [0.5, 0.6) is 5.75 Å². The van der Waals surface area contributed by atoms with Crippen LogP contribution < -0.4 is 5.73 Å². The van der Waals surface area contributed by atoms with Crippen LogP contribution in [0.1, 0.15) is 25.0 Å². The van der Waals surface area contributed by atoms with Gasteiger partial charge < -0.3 is 15.7 Å². The monoisotopic (exact) mass is 236 g/mol. The minimum Gasteiger partial charge on any atom is -0.508 e. The Morgan fingerprint density at radius 1 is 1.29 bits per heavy atom. The molecule has 0 atom stereocenters.